The van der Waals surface area contributed by atoms with E-state index >= 15 is 0 Å². The van der Waals surface area contributed by atoms with Gasteiger partial charge in [-0.2, -0.15) is 0 Å². The summed E-state index contributed by atoms with van der Waals surface area (Å²) in [7, 11) is 0. The highest BCUT2D eigenvalue weighted by atomic mass is 16.7. The molecule has 3 N–H and O–H groups in total. The van der Waals surface area contributed by atoms with E-state index in [-0.39, 0.29) is 5.79 Å². The molecule has 76 valence electrons. The highest BCUT2D eigenvalue weighted by Gasteiger charge is 2.39. The molecule has 0 aromatic carbocycles. The number of rotatable bonds is 2. The van der Waals surface area contributed by atoms with Gasteiger partial charge in [0.05, 0.1) is 19.8 Å². The third-order valence-corrected chi connectivity index (χ3v) is 3.29. The van der Waals surface area contributed by atoms with Gasteiger partial charge in [0.1, 0.15) is 0 Å². The molecule has 1 saturated heterocycles. The lowest BCUT2D eigenvalue weighted by Gasteiger charge is -2.34. The summed E-state index contributed by atoms with van der Waals surface area (Å²) in [6, 6.07) is 0. The predicted octanol–water partition coefficient (Wildman–Crippen LogP) is 0.552. The van der Waals surface area contributed by atoms with E-state index in [4.69, 9.17) is 9.47 Å². The van der Waals surface area contributed by atoms with Crippen LogP contribution in [-0.2, 0) is 9.47 Å². The van der Waals surface area contributed by atoms with E-state index in [0.29, 0.717) is 0 Å². The maximum Gasteiger partial charge on any atom is 0.168 e. The van der Waals surface area contributed by atoms with Crippen LogP contribution in [0.5, 0.6) is 0 Å². The maximum atomic E-state index is 5.67. The standard InChI is InChI=1S/C10H19NO2/c11-6-3-9-1-4-10(5-2-9)12-7-8-13-10/h9H,1-8,11H2/p+1. The number of hydrogen-bond acceptors (Lipinski definition) is 2. The van der Waals surface area contributed by atoms with Crippen LogP contribution < -0.4 is 5.73 Å². The van der Waals surface area contributed by atoms with Crippen molar-refractivity contribution in [3.63, 3.8) is 0 Å². The first-order valence-electron chi connectivity index (χ1n) is 5.42. The van der Waals surface area contributed by atoms with Gasteiger partial charge in [0.15, 0.2) is 5.79 Å². The third kappa shape index (κ3) is 2.03. The Bertz CT molecular complexity index is 156. The normalized spacial score (nSPS) is 28.4. The van der Waals surface area contributed by atoms with Crippen molar-refractivity contribution in [2.24, 2.45) is 5.92 Å². The molecule has 13 heavy (non-hydrogen) atoms. The summed E-state index contributed by atoms with van der Waals surface area (Å²) in [6.45, 7) is 2.65. The molecule has 3 nitrogen and oxygen atoms in total. The van der Waals surface area contributed by atoms with E-state index in [1.807, 2.05) is 0 Å². The Hall–Kier alpha value is -0.120. The van der Waals surface area contributed by atoms with Gasteiger partial charge in [-0.05, 0) is 25.2 Å². The van der Waals surface area contributed by atoms with E-state index in [1.165, 1.54) is 19.3 Å². The van der Waals surface area contributed by atoms with E-state index in [1.54, 1.807) is 0 Å². The smallest absolute Gasteiger partial charge is 0.168 e. The summed E-state index contributed by atoms with van der Waals surface area (Å²) >= 11 is 0. The molecule has 0 radical (unpaired) electrons. The Morgan fingerprint density at radius 1 is 1.15 bits per heavy atom. The zero-order chi connectivity index (χ0) is 9.15. The van der Waals surface area contributed by atoms with Crippen molar-refractivity contribution < 1.29 is 15.2 Å². The summed E-state index contributed by atoms with van der Waals surface area (Å²) in [5.74, 6) is 0.702. The van der Waals surface area contributed by atoms with Gasteiger partial charge in [0.25, 0.3) is 0 Å². The Balaban J connectivity index is 1.81. The number of hydrogen-bond donors (Lipinski definition) is 1. The molecule has 0 amide bonds. The second-order valence-electron chi connectivity index (χ2n) is 4.19. The van der Waals surface area contributed by atoms with Crippen molar-refractivity contribution in [2.45, 2.75) is 37.9 Å². The molecule has 0 bridgehead atoms. The third-order valence-electron chi connectivity index (χ3n) is 3.29. The number of quaternary nitrogens is 1. The van der Waals surface area contributed by atoms with Gasteiger partial charge >= 0.3 is 0 Å². The van der Waals surface area contributed by atoms with Gasteiger partial charge in [0, 0.05) is 12.8 Å². The van der Waals surface area contributed by atoms with Crippen molar-refractivity contribution in [1.29, 1.82) is 0 Å². The molecule has 1 saturated carbocycles. The molecule has 1 spiro atoms. The quantitative estimate of drug-likeness (QED) is 0.684. The van der Waals surface area contributed by atoms with Gasteiger partial charge in [0.2, 0.25) is 0 Å². The van der Waals surface area contributed by atoms with Crippen LogP contribution in [-0.4, -0.2) is 25.5 Å². The summed E-state index contributed by atoms with van der Waals surface area (Å²) in [5, 5.41) is 0. The minimum absolute atomic E-state index is 0.169. The van der Waals surface area contributed by atoms with Crippen LogP contribution in [0, 0.1) is 5.92 Å². The average Bonchev–Trinajstić information content (AvgIpc) is 2.59. The molecule has 0 aromatic rings. The molecule has 1 aliphatic heterocycles. The highest BCUT2D eigenvalue weighted by molar-refractivity contribution is 4.82. The van der Waals surface area contributed by atoms with E-state index in [0.717, 1.165) is 38.5 Å². The van der Waals surface area contributed by atoms with Crippen molar-refractivity contribution in [3.05, 3.63) is 0 Å². The lowest BCUT2D eigenvalue weighted by atomic mass is 9.83. The first-order chi connectivity index (χ1) is 6.35. The van der Waals surface area contributed by atoms with Gasteiger partial charge in [-0.15, -0.1) is 0 Å². The van der Waals surface area contributed by atoms with Crippen molar-refractivity contribution in [3.8, 4) is 0 Å². The first-order valence-corrected chi connectivity index (χ1v) is 5.42. The summed E-state index contributed by atoms with van der Waals surface area (Å²) in [4.78, 5) is 0. The SMILES string of the molecule is [NH3+]CCC1CCC2(CC1)OCCO2. The Morgan fingerprint density at radius 2 is 1.77 bits per heavy atom. The molecule has 0 atom stereocenters. The van der Waals surface area contributed by atoms with Crippen LogP contribution >= 0.6 is 0 Å². The van der Waals surface area contributed by atoms with Gasteiger partial charge < -0.3 is 15.2 Å². The van der Waals surface area contributed by atoms with Gasteiger partial charge in [-0.1, -0.05) is 0 Å². The van der Waals surface area contributed by atoms with Gasteiger partial charge in [-0.25, -0.2) is 0 Å². The van der Waals surface area contributed by atoms with Crippen LogP contribution in [0.15, 0.2) is 0 Å². The summed E-state index contributed by atoms with van der Waals surface area (Å²) in [5.41, 5.74) is 3.91. The lowest BCUT2D eigenvalue weighted by molar-refractivity contribution is -0.370. The largest absolute Gasteiger partial charge is 0.358 e. The molecular weight excluding hydrogens is 166 g/mol. The Kier molecular flexibility index (Phi) is 2.86. The molecule has 1 aliphatic carbocycles. The topological polar surface area (TPSA) is 46.1 Å². The minimum atomic E-state index is -0.169. The maximum absolute atomic E-state index is 5.67. The molecule has 3 heteroatoms. The molecule has 2 aliphatic rings. The molecular formula is C10H20NO2+. The Morgan fingerprint density at radius 3 is 2.31 bits per heavy atom. The van der Waals surface area contributed by atoms with Crippen LogP contribution in [0.2, 0.25) is 0 Å². The second kappa shape index (κ2) is 3.95. The zero-order valence-corrected chi connectivity index (χ0v) is 8.26. The van der Waals surface area contributed by atoms with E-state index < -0.39 is 0 Å². The van der Waals surface area contributed by atoms with Gasteiger partial charge in [-0.3, -0.25) is 0 Å². The molecule has 2 rings (SSSR count). The monoisotopic (exact) mass is 186 g/mol. The van der Waals surface area contributed by atoms with E-state index in [2.05, 4.69) is 5.73 Å². The molecule has 0 unspecified atom stereocenters. The first kappa shape index (κ1) is 9.44. The van der Waals surface area contributed by atoms with Crippen LogP contribution in [0.1, 0.15) is 32.1 Å². The van der Waals surface area contributed by atoms with Crippen molar-refractivity contribution in [2.75, 3.05) is 19.8 Å². The molecule has 0 aromatic heterocycles. The fourth-order valence-electron chi connectivity index (χ4n) is 2.48. The van der Waals surface area contributed by atoms with Crippen LogP contribution in [0.4, 0.5) is 0 Å². The van der Waals surface area contributed by atoms with Crippen molar-refractivity contribution in [1.82, 2.24) is 0 Å². The Labute approximate surface area is 79.6 Å². The van der Waals surface area contributed by atoms with Crippen LogP contribution in [0.3, 0.4) is 0 Å². The van der Waals surface area contributed by atoms with Crippen LogP contribution in [0.25, 0.3) is 0 Å². The molecule has 1 heterocycles. The van der Waals surface area contributed by atoms with Crippen molar-refractivity contribution >= 4 is 0 Å². The summed E-state index contributed by atoms with van der Waals surface area (Å²) in [6.07, 6.45) is 5.98. The second-order valence-corrected chi connectivity index (χ2v) is 4.19. The lowest BCUT2D eigenvalue weighted by Crippen LogP contribution is -2.51. The fraction of sp³-hybridized carbons (Fsp3) is 1.00. The van der Waals surface area contributed by atoms with E-state index in [9.17, 15) is 0 Å². The molecule has 2 fully saturated rings. The zero-order valence-electron chi connectivity index (χ0n) is 8.26. The fourth-order valence-corrected chi connectivity index (χ4v) is 2.48. The predicted molar refractivity (Wildman–Crippen MR) is 49.0 cm³/mol. The number of ether oxygens (including phenoxy) is 2. The minimum Gasteiger partial charge on any atom is -0.358 e. The average molecular weight is 186 g/mol. The highest BCUT2D eigenvalue weighted by Crippen LogP contribution is 2.38. The summed E-state index contributed by atoms with van der Waals surface area (Å²) < 4.78 is 11.3.